The molecule has 2 aromatic rings. The van der Waals surface area contributed by atoms with Crippen LogP contribution in [0.25, 0.3) is 11.1 Å². The summed E-state index contributed by atoms with van der Waals surface area (Å²) in [6.45, 7) is 1.99. The molecule has 0 unspecified atom stereocenters. The molecule has 0 aliphatic heterocycles. The second-order valence-corrected chi connectivity index (χ2v) is 5.73. The summed E-state index contributed by atoms with van der Waals surface area (Å²) in [4.78, 5) is 23.1. The van der Waals surface area contributed by atoms with E-state index in [1.807, 2.05) is 19.1 Å². The molecule has 0 aliphatic rings. The number of amides is 1. The third kappa shape index (κ3) is 3.76. The molecule has 2 rings (SSSR count). The van der Waals surface area contributed by atoms with E-state index < -0.39 is 18.1 Å². The van der Waals surface area contributed by atoms with Crippen LogP contribution in [0.2, 0.25) is 0 Å². The number of thiophene rings is 1. The van der Waals surface area contributed by atoms with Gasteiger partial charge in [0.2, 0.25) is 0 Å². The number of aryl methyl sites for hydroxylation is 1. The van der Waals surface area contributed by atoms with Crippen molar-refractivity contribution in [1.82, 2.24) is 0 Å². The van der Waals surface area contributed by atoms with Gasteiger partial charge in [-0.05, 0) is 17.5 Å². The van der Waals surface area contributed by atoms with Gasteiger partial charge in [0, 0.05) is 10.9 Å². The number of rotatable bonds is 4. The Morgan fingerprint density at radius 3 is 2.33 bits per heavy atom. The summed E-state index contributed by atoms with van der Waals surface area (Å²) in [7, 11) is 1.12. The molecule has 1 N–H and O–H groups in total. The van der Waals surface area contributed by atoms with Crippen molar-refractivity contribution in [3.63, 3.8) is 0 Å². The number of ether oxygens (including phenoxy) is 1. The van der Waals surface area contributed by atoms with Crippen molar-refractivity contribution in [1.29, 1.82) is 0 Å². The van der Waals surface area contributed by atoms with Gasteiger partial charge in [-0.2, -0.15) is 13.2 Å². The topological polar surface area (TPSA) is 55.4 Å². The van der Waals surface area contributed by atoms with Gasteiger partial charge in [0.15, 0.2) is 0 Å². The number of esters is 1. The van der Waals surface area contributed by atoms with E-state index in [0.29, 0.717) is 11.1 Å². The Balaban J connectivity index is 2.45. The zero-order chi connectivity index (χ0) is 17.9. The lowest BCUT2D eigenvalue weighted by Crippen LogP contribution is -2.30. The number of hydrogen-bond donors (Lipinski definition) is 1. The summed E-state index contributed by atoms with van der Waals surface area (Å²) in [6, 6.07) is 7.26. The summed E-state index contributed by atoms with van der Waals surface area (Å²) < 4.78 is 42.0. The first-order valence-electron chi connectivity index (χ1n) is 6.95. The van der Waals surface area contributed by atoms with E-state index in [1.54, 1.807) is 17.4 Å². The van der Waals surface area contributed by atoms with E-state index >= 15 is 0 Å². The molecule has 0 fully saturated rings. The number of carbonyl (C=O) groups excluding carboxylic acids is 2. The molecule has 4 nitrogen and oxygen atoms in total. The van der Waals surface area contributed by atoms with Crippen LogP contribution < -0.4 is 5.32 Å². The van der Waals surface area contributed by atoms with Gasteiger partial charge in [-0.1, -0.05) is 31.2 Å². The summed E-state index contributed by atoms with van der Waals surface area (Å²) in [5.74, 6) is -2.95. The number of halogens is 3. The minimum Gasteiger partial charge on any atom is -0.465 e. The van der Waals surface area contributed by atoms with Crippen LogP contribution in [-0.4, -0.2) is 25.2 Å². The number of anilines is 1. The highest BCUT2D eigenvalue weighted by molar-refractivity contribution is 7.15. The van der Waals surface area contributed by atoms with Gasteiger partial charge in [-0.3, -0.25) is 4.79 Å². The van der Waals surface area contributed by atoms with Gasteiger partial charge in [0.1, 0.15) is 10.6 Å². The lowest BCUT2D eigenvalue weighted by Gasteiger charge is -2.09. The molecule has 1 amide bonds. The van der Waals surface area contributed by atoms with Crippen LogP contribution in [0.4, 0.5) is 18.2 Å². The number of nitrogens with one attached hydrogen (secondary N) is 1. The van der Waals surface area contributed by atoms with Crippen LogP contribution in [0.5, 0.6) is 0 Å². The van der Waals surface area contributed by atoms with Crippen molar-refractivity contribution < 1.29 is 27.5 Å². The van der Waals surface area contributed by atoms with Crippen LogP contribution in [0.1, 0.15) is 22.8 Å². The van der Waals surface area contributed by atoms with E-state index in [2.05, 4.69) is 4.74 Å². The monoisotopic (exact) mass is 357 g/mol. The van der Waals surface area contributed by atoms with Gasteiger partial charge >= 0.3 is 18.1 Å². The first-order chi connectivity index (χ1) is 11.3. The summed E-state index contributed by atoms with van der Waals surface area (Å²) in [5.41, 5.74) is 2.05. The standard InChI is InChI=1S/C16H14F3NO3S/c1-3-9-4-6-10(7-5-9)11-8-24-13(12(11)14(21)23-2)20-15(22)16(17,18)19/h4-8H,3H2,1-2H3,(H,20,22). The first-order valence-corrected chi connectivity index (χ1v) is 7.83. The van der Waals surface area contributed by atoms with Crippen molar-refractivity contribution in [2.75, 3.05) is 12.4 Å². The Hall–Kier alpha value is -2.35. The van der Waals surface area contributed by atoms with Crippen LogP contribution in [0, 0.1) is 0 Å². The van der Waals surface area contributed by atoms with Crippen molar-refractivity contribution in [3.05, 3.63) is 40.8 Å². The highest BCUT2D eigenvalue weighted by atomic mass is 32.1. The fraction of sp³-hybridized carbons (Fsp3) is 0.250. The Morgan fingerprint density at radius 1 is 1.21 bits per heavy atom. The molecule has 0 atom stereocenters. The molecular formula is C16H14F3NO3S. The molecule has 0 spiro atoms. The fourth-order valence-electron chi connectivity index (χ4n) is 2.06. The zero-order valence-electron chi connectivity index (χ0n) is 12.9. The Kier molecular flexibility index (Phi) is 5.28. The molecule has 128 valence electrons. The molecule has 0 saturated carbocycles. The first kappa shape index (κ1) is 18.0. The predicted molar refractivity (Wildman–Crippen MR) is 85.2 cm³/mol. The average Bonchev–Trinajstić information content (AvgIpc) is 2.97. The molecule has 24 heavy (non-hydrogen) atoms. The smallest absolute Gasteiger partial charge is 0.465 e. The van der Waals surface area contributed by atoms with Crippen molar-refractivity contribution in [3.8, 4) is 11.1 Å². The second-order valence-electron chi connectivity index (χ2n) is 4.85. The SMILES string of the molecule is CCc1ccc(-c2csc(NC(=O)C(F)(F)F)c2C(=O)OC)cc1. The summed E-state index contributed by atoms with van der Waals surface area (Å²) in [6.07, 6.45) is -4.21. The molecule has 1 aromatic heterocycles. The Morgan fingerprint density at radius 2 is 1.83 bits per heavy atom. The summed E-state index contributed by atoms with van der Waals surface area (Å²) in [5, 5.41) is 3.05. The lowest BCUT2D eigenvalue weighted by atomic mass is 10.0. The minimum atomic E-state index is -5.04. The highest BCUT2D eigenvalue weighted by Gasteiger charge is 2.39. The van der Waals surface area contributed by atoms with E-state index in [0.717, 1.165) is 30.4 Å². The van der Waals surface area contributed by atoms with Crippen molar-refractivity contribution >= 4 is 28.2 Å². The zero-order valence-corrected chi connectivity index (χ0v) is 13.7. The highest BCUT2D eigenvalue weighted by Crippen LogP contribution is 2.37. The fourth-order valence-corrected chi connectivity index (χ4v) is 3.01. The van der Waals surface area contributed by atoms with E-state index in [1.165, 1.54) is 5.38 Å². The Bertz CT molecular complexity index is 751. The largest absolute Gasteiger partial charge is 0.471 e. The van der Waals surface area contributed by atoms with Crippen LogP contribution in [0.15, 0.2) is 29.6 Å². The second kappa shape index (κ2) is 7.04. The van der Waals surface area contributed by atoms with Crippen LogP contribution in [-0.2, 0) is 16.0 Å². The molecule has 8 heteroatoms. The molecule has 0 radical (unpaired) electrons. The van der Waals surface area contributed by atoms with Gasteiger partial charge in [0.25, 0.3) is 0 Å². The maximum Gasteiger partial charge on any atom is 0.471 e. The number of carbonyl (C=O) groups is 2. The predicted octanol–water partition coefficient (Wildman–Crippen LogP) is 4.26. The number of alkyl halides is 3. The van der Waals surface area contributed by atoms with Gasteiger partial charge < -0.3 is 10.1 Å². The molecule has 0 bridgehead atoms. The lowest BCUT2D eigenvalue weighted by molar-refractivity contribution is -0.167. The van der Waals surface area contributed by atoms with Gasteiger partial charge in [-0.25, -0.2) is 4.79 Å². The van der Waals surface area contributed by atoms with Crippen molar-refractivity contribution in [2.24, 2.45) is 0 Å². The number of hydrogen-bond acceptors (Lipinski definition) is 4. The van der Waals surface area contributed by atoms with E-state index in [4.69, 9.17) is 0 Å². The summed E-state index contributed by atoms with van der Waals surface area (Å²) >= 11 is 0.836. The van der Waals surface area contributed by atoms with Gasteiger partial charge in [-0.15, -0.1) is 11.3 Å². The van der Waals surface area contributed by atoms with Crippen molar-refractivity contribution in [2.45, 2.75) is 19.5 Å². The molecule has 1 heterocycles. The molecule has 0 saturated heterocycles. The maximum atomic E-state index is 12.4. The molecular weight excluding hydrogens is 343 g/mol. The third-order valence-corrected chi connectivity index (χ3v) is 4.23. The minimum absolute atomic E-state index is 0.0932. The normalized spacial score (nSPS) is 11.2. The number of methoxy groups -OCH3 is 1. The average molecular weight is 357 g/mol. The van der Waals surface area contributed by atoms with Crippen LogP contribution >= 0.6 is 11.3 Å². The number of benzene rings is 1. The van der Waals surface area contributed by atoms with E-state index in [9.17, 15) is 22.8 Å². The van der Waals surface area contributed by atoms with E-state index in [-0.39, 0.29) is 10.6 Å². The van der Waals surface area contributed by atoms with Crippen LogP contribution in [0.3, 0.4) is 0 Å². The Labute approximate surface area is 140 Å². The molecule has 1 aromatic carbocycles. The quantitative estimate of drug-likeness (QED) is 0.832. The maximum absolute atomic E-state index is 12.4. The molecule has 0 aliphatic carbocycles. The van der Waals surface area contributed by atoms with Gasteiger partial charge in [0.05, 0.1) is 7.11 Å². The third-order valence-electron chi connectivity index (χ3n) is 3.34.